The van der Waals surface area contributed by atoms with Gasteiger partial charge in [-0.15, -0.1) is 0 Å². The standard InChI is InChI=1S/C12H15N3O4S/c1-9-4-5-10(6-11(9)15(16)17)20(18,19)14-8-12(2,3)7-13/h4-6,14H,8H2,1-3H3. The molecule has 0 bridgehead atoms. The van der Waals surface area contributed by atoms with E-state index in [9.17, 15) is 18.5 Å². The zero-order chi connectivity index (χ0) is 15.6. The Morgan fingerprint density at radius 2 is 2.05 bits per heavy atom. The minimum atomic E-state index is -3.88. The van der Waals surface area contributed by atoms with E-state index in [2.05, 4.69) is 4.72 Å². The van der Waals surface area contributed by atoms with Crippen molar-refractivity contribution in [3.63, 3.8) is 0 Å². The fourth-order valence-corrected chi connectivity index (χ4v) is 2.58. The van der Waals surface area contributed by atoms with E-state index in [0.717, 1.165) is 6.07 Å². The number of benzene rings is 1. The molecule has 0 fully saturated rings. The first kappa shape index (κ1) is 16.1. The molecule has 0 aromatic heterocycles. The van der Waals surface area contributed by atoms with Gasteiger partial charge >= 0.3 is 0 Å². The van der Waals surface area contributed by atoms with Crippen molar-refractivity contribution in [2.75, 3.05) is 6.54 Å². The number of nitro benzene ring substituents is 1. The van der Waals surface area contributed by atoms with Crippen LogP contribution in [0, 0.1) is 33.8 Å². The van der Waals surface area contributed by atoms with Crippen LogP contribution >= 0.6 is 0 Å². The number of nitrogens with one attached hydrogen (secondary N) is 1. The number of nitro groups is 1. The van der Waals surface area contributed by atoms with Crippen molar-refractivity contribution in [3.8, 4) is 6.07 Å². The minimum Gasteiger partial charge on any atom is -0.258 e. The average molecular weight is 297 g/mol. The number of hydrogen-bond acceptors (Lipinski definition) is 5. The van der Waals surface area contributed by atoms with Crippen molar-refractivity contribution in [2.24, 2.45) is 5.41 Å². The fraction of sp³-hybridized carbons (Fsp3) is 0.417. The third-order valence-corrected chi connectivity index (χ3v) is 4.09. The van der Waals surface area contributed by atoms with Crippen LogP contribution in [0.15, 0.2) is 23.1 Å². The molecule has 0 saturated heterocycles. The molecule has 0 aliphatic rings. The smallest absolute Gasteiger partial charge is 0.258 e. The Morgan fingerprint density at radius 1 is 1.45 bits per heavy atom. The minimum absolute atomic E-state index is 0.0759. The summed E-state index contributed by atoms with van der Waals surface area (Å²) in [4.78, 5) is 9.99. The second kappa shape index (κ2) is 5.56. The lowest BCUT2D eigenvalue weighted by molar-refractivity contribution is -0.385. The van der Waals surface area contributed by atoms with E-state index in [1.54, 1.807) is 13.8 Å². The Morgan fingerprint density at radius 3 is 2.55 bits per heavy atom. The van der Waals surface area contributed by atoms with Crippen molar-refractivity contribution < 1.29 is 13.3 Å². The summed E-state index contributed by atoms with van der Waals surface area (Å²) in [6.07, 6.45) is 0. The maximum absolute atomic E-state index is 12.0. The van der Waals surface area contributed by atoms with Crippen LogP contribution in [-0.2, 0) is 10.0 Å². The predicted octanol–water partition coefficient (Wildman–Crippen LogP) is 1.73. The molecule has 7 nitrogen and oxygen atoms in total. The Kier molecular flexibility index (Phi) is 4.47. The van der Waals surface area contributed by atoms with Gasteiger partial charge in [0.1, 0.15) is 0 Å². The highest BCUT2D eigenvalue weighted by molar-refractivity contribution is 7.89. The van der Waals surface area contributed by atoms with Gasteiger partial charge in [0.15, 0.2) is 0 Å². The summed E-state index contributed by atoms with van der Waals surface area (Å²) in [5, 5.41) is 19.7. The first-order chi connectivity index (χ1) is 9.09. The second-order valence-electron chi connectivity index (χ2n) is 5.03. The highest BCUT2D eigenvalue weighted by atomic mass is 32.2. The Hall–Kier alpha value is -1.98. The molecule has 1 rings (SSSR count). The third kappa shape index (κ3) is 3.76. The van der Waals surface area contributed by atoms with E-state index in [-0.39, 0.29) is 17.1 Å². The van der Waals surface area contributed by atoms with Gasteiger partial charge in [-0.3, -0.25) is 10.1 Å². The third-order valence-electron chi connectivity index (χ3n) is 2.69. The zero-order valence-electron chi connectivity index (χ0n) is 11.4. The van der Waals surface area contributed by atoms with Crippen molar-refractivity contribution in [3.05, 3.63) is 33.9 Å². The van der Waals surface area contributed by atoms with Crippen LogP contribution in [0.1, 0.15) is 19.4 Å². The lowest BCUT2D eigenvalue weighted by Gasteiger charge is -2.16. The van der Waals surface area contributed by atoms with Gasteiger partial charge in [0.25, 0.3) is 5.69 Å². The van der Waals surface area contributed by atoms with Crippen LogP contribution in [0.3, 0.4) is 0 Å². The first-order valence-corrected chi connectivity index (χ1v) is 7.23. The van der Waals surface area contributed by atoms with Crippen LogP contribution < -0.4 is 4.72 Å². The lowest BCUT2D eigenvalue weighted by atomic mass is 9.97. The van der Waals surface area contributed by atoms with Gasteiger partial charge in [-0.25, -0.2) is 13.1 Å². The van der Waals surface area contributed by atoms with Gasteiger partial charge in [-0.05, 0) is 26.8 Å². The summed E-state index contributed by atoms with van der Waals surface area (Å²) in [6.45, 7) is 4.63. The van der Waals surface area contributed by atoms with Gasteiger partial charge in [0.2, 0.25) is 10.0 Å². The SMILES string of the molecule is Cc1ccc(S(=O)(=O)NCC(C)(C)C#N)cc1[N+](=O)[O-]. The average Bonchev–Trinajstić information content (AvgIpc) is 2.36. The van der Waals surface area contributed by atoms with Gasteiger partial charge in [0.05, 0.1) is 21.3 Å². The zero-order valence-corrected chi connectivity index (χ0v) is 12.2. The molecule has 0 amide bonds. The van der Waals surface area contributed by atoms with Gasteiger partial charge in [-0.2, -0.15) is 5.26 Å². The summed E-state index contributed by atoms with van der Waals surface area (Å²) in [5.74, 6) is 0. The molecule has 1 aromatic rings. The Labute approximate surface area is 117 Å². The lowest BCUT2D eigenvalue weighted by Crippen LogP contribution is -2.33. The normalized spacial score (nSPS) is 11.9. The molecular weight excluding hydrogens is 282 g/mol. The maximum atomic E-state index is 12.0. The molecule has 8 heteroatoms. The van der Waals surface area contributed by atoms with Crippen LogP contribution in [0.4, 0.5) is 5.69 Å². The number of sulfonamides is 1. The monoisotopic (exact) mass is 297 g/mol. The molecule has 1 aromatic carbocycles. The largest absolute Gasteiger partial charge is 0.273 e. The molecule has 0 heterocycles. The van der Waals surface area contributed by atoms with Crippen LogP contribution in [0.5, 0.6) is 0 Å². The number of nitrogens with zero attached hydrogens (tertiary/aromatic N) is 2. The molecule has 0 saturated carbocycles. The summed E-state index contributed by atoms with van der Waals surface area (Å²) < 4.78 is 26.4. The van der Waals surface area contributed by atoms with E-state index in [4.69, 9.17) is 5.26 Å². The molecule has 108 valence electrons. The molecule has 0 aliphatic carbocycles. The van der Waals surface area contributed by atoms with Crippen molar-refractivity contribution in [2.45, 2.75) is 25.7 Å². The van der Waals surface area contributed by atoms with Gasteiger partial charge in [0, 0.05) is 18.2 Å². The van der Waals surface area contributed by atoms with Crippen molar-refractivity contribution in [1.82, 2.24) is 4.72 Å². The van der Waals surface area contributed by atoms with Crippen LogP contribution in [0.2, 0.25) is 0 Å². The van der Waals surface area contributed by atoms with Crippen molar-refractivity contribution in [1.29, 1.82) is 5.26 Å². The maximum Gasteiger partial charge on any atom is 0.273 e. The summed E-state index contributed by atoms with van der Waals surface area (Å²) in [7, 11) is -3.88. The molecule has 1 N–H and O–H groups in total. The molecule has 0 radical (unpaired) electrons. The first-order valence-electron chi connectivity index (χ1n) is 5.75. The topological polar surface area (TPSA) is 113 Å². The summed E-state index contributed by atoms with van der Waals surface area (Å²) >= 11 is 0. The number of rotatable bonds is 5. The van der Waals surface area contributed by atoms with E-state index < -0.39 is 20.4 Å². The summed E-state index contributed by atoms with van der Waals surface area (Å²) in [5.41, 5.74) is -0.734. The predicted molar refractivity (Wildman–Crippen MR) is 72.4 cm³/mol. The van der Waals surface area contributed by atoms with Crippen LogP contribution in [-0.4, -0.2) is 19.9 Å². The highest BCUT2D eigenvalue weighted by Crippen LogP contribution is 2.22. The summed E-state index contributed by atoms with van der Waals surface area (Å²) in [6, 6.07) is 5.65. The number of nitriles is 1. The fourth-order valence-electron chi connectivity index (χ4n) is 1.35. The van der Waals surface area contributed by atoms with Gasteiger partial charge < -0.3 is 0 Å². The Bertz CT molecular complexity index is 674. The number of hydrogen-bond donors (Lipinski definition) is 1. The van der Waals surface area contributed by atoms with E-state index in [1.807, 2.05) is 6.07 Å². The highest BCUT2D eigenvalue weighted by Gasteiger charge is 2.23. The van der Waals surface area contributed by atoms with Gasteiger partial charge in [-0.1, -0.05) is 6.07 Å². The number of aryl methyl sites for hydroxylation is 1. The van der Waals surface area contributed by atoms with E-state index in [0.29, 0.717) is 5.56 Å². The van der Waals surface area contributed by atoms with Crippen molar-refractivity contribution >= 4 is 15.7 Å². The molecule has 0 aliphatic heterocycles. The molecule has 0 spiro atoms. The molecular formula is C12H15N3O4S. The molecule has 20 heavy (non-hydrogen) atoms. The quantitative estimate of drug-likeness (QED) is 0.656. The molecule has 0 atom stereocenters. The van der Waals surface area contributed by atoms with Crippen LogP contribution in [0.25, 0.3) is 0 Å². The second-order valence-corrected chi connectivity index (χ2v) is 6.79. The van der Waals surface area contributed by atoms with E-state index >= 15 is 0 Å². The Balaban J connectivity index is 3.09. The molecule has 0 unspecified atom stereocenters. The van der Waals surface area contributed by atoms with E-state index in [1.165, 1.54) is 19.1 Å².